The summed E-state index contributed by atoms with van der Waals surface area (Å²) in [6, 6.07) is 5.49. The fourth-order valence-electron chi connectivity index (χ4n) is 2.66. The van der Waals surface area contributed by atoms with Crippen LogP contribution < -0.4 is 15.8 Å². The summed E-state index contributed by atoms with van der Waals surface area (Å²) in [5.74, 6) is 0.0985. The molecule has 1 aliphatic rings. The highest BCUT2D eigenvalue weighted by atomic mass is 19.4. The van der Waals surface area contributed by atoms with Crippen molar-refractivity contribution in [1.82, 2.24) is 15.1 Å². The van der Waals surface area contributed by atoms with Crippen LogP contribution >= 0.6 is 0 Å². The lowest BCUT2D eigenvalue weighted by molar-refractivity contribution is -0.274. The molecule has 1 fully saturated rings. The second-order valence-corrected chi connectivity index (χ2v) is 6.17. The number of alkyl halides is 3. The van der Waals surface area contributed by atoms with Gasteiger partial charge in [-0.05, 0) is 17.7 Å². The first-order valence-corrected chi connectivity index (χ1v) is 8.59. The highest BCUT2D eigenvalue weighted by Gasteiger charge is 2.30. The Morgan fingerprint density at radius 2 is 1.85 bits per heavy atom. The van der Waals surface area contributed by atoms with E-state index in [2.05, 4.69) is 19.9 Å². The van der Waals surface area contributed by atoms with Crippen molar-refractivity contribution in [3.63, 3.8) is 0 Å². The molecule has 3 N–H and O–H groups in total. The fourth-order valence-corrected chi connectivity index (χ4v) is 2.66. The van der Waals surface area contributed by atoms with E-state index < -0.39 is 6.36 Å². The van der Waals surface area contributed by atoms with Crippen LogP contribution in [0.1, 0.15) is 12.5 Å². The molecule has 1 saturated heterocycles. The van der Waals surface area contributed by atoms with Gasteiger partial charge in [-0.25, -0.2) is 4.99 Å². The smallest absolute Gasteiger partial charge is 0.406 e. The number of nitrogens with two attached hydrogens (primary N) is 1. The molecule has 0 spiro atoms. The molecule has 0 aromatic heterocycles. The number of halogens is 3. The third-order valence-corrected chi connectivity index (χ3v) is 4.14. The zero-order valence-corrected chi connectivity index (χ0v) is 15.1. The van der Waals surface area contributed by atoms with Crippen LogP contribution in [-0.4, -0.2) is 67.3 Å². The SMILES string of the molecule is CC(=O)N1CCN(CCNC(N)=NCc2ccc(OC(F)(F)F)cc2)CC1. The van der Waals surface area contributed by atoms with E-state index in [0.717, 1.165) is 38.3 Å². The Morgan fingerprint density at radius 3 is 2.41 bits per heavy atom. The Balaban J connectivity index is 1.68. The van der Waals surface area contributed by atoms with Gasteiger partial charge in [-0.2, -0.15) is 0 Å². The first-order chi connectivity index (χ1) is 12.7. The molecule has 0 bridgehead atoms. The van der Waals surface area contributed by atoms with Crippen molar-refractivity contribution < 1.29 is 22.7 Å². The molecule has 0 radical (unpaired) electrons. The average molecular weight is 387 g/mol. The topological polar surface area (TPSA) is 83.2 Å². The van der Waals surface area contributed by atoms with Gasteiger partial charge in [0.05, 0.1) is 6.54 Å². The molecule has 1 heterocycles. The molecule has 0 unspecified atom stereocenters. The van der Waals surface area contributed by atoms with E-state index in [0.29, 0.717) is 6.54 Å². The van der Waals surface area contributed by atoms with Crippen LogP contribution in [-0.2, 0) is 11.3 Å². The molecular weight excluding hydrogens is 363 g/mol. The predicted octanol–water partition coefficient (Wildman–Crippen LogP) is 1.15. The lowest BCUT2D eigenvalue weighted by Gasteiger charge is -2.34. The normalized spacial score (nSPS) is 16.3. The molecule has 1 aromatic rings. The van der Waals surface area contributed by atoms with Crippen LogP contribution in [0.15, 0.2) is 29.3 Å². The number of carbonyl (C=O) groups is 1. The van der Waals surface area contributed by atoms with E-state index in [1.807, 2.05) is 4.90 Å². The summed E-state index contributed by atoms with van der Waals surface area (Å²) in [5, 5.41) is 3.01. The molecule has 0 aliphatic carbocycles. The first-order valence-electron chi connectivity index (χ1n) is 8.59. The monoisotopic (exact) mass is 387 g/mol. The molecule has 2 rings (SSSR count). The van der Waals surface area contributed by atoms with Crippen LogP contribution in [0.5, 0.6) is 5.75 Å². The summed E-state index contributed by atoms with van der Waals surface area (Å²) in [5.41, 5.74) is 6.52. The third-order valence-electron chi connectivity index (χ3n) is 4.14. The van der Waals surface area contributed by atoms with Gasteiger partial charge < -0.3 is 20.7 Å². The number of amides is 1. The van der Waals surface area contributed by atoms with Gasteiger partial charge in [0.1, 0.15) is 5.75 Å². The quantitative estimate of drug-likeness (QED) is 0.565. The Kier molecular flexibility index (Phi) is 7.28. The van der Waals surface area contributed by atoms with Gasteiger partial charge in [0.25, 0.3) is 0 Å². The zero-order chi connectivity index (χ0) is 19.9. The molecule has 1 amide bonds. The van der Waals surface area contributed by atoms with Gasteiger partial charge in [0.2, 0.25) is 5.91 Å². The van der Waals surface area contributed by atoms with Crippen LogP contribution in [0.4, 0.5) is 13.2 Å². The zero-order valence-electron chi connectivity index (χ0n) is 15.1. The number of carbonyl (C=O) groups excluding carboxylic acids is 1. The number of hydrogen-bond donors (Lipinski definition) is 2. The molecule has 0 atom stereocenters. The second kappa shape index (κ2) is 9.45. The molecule has 27 heavy (non-hydrogen) atoms. The summed E-state index contributed by atoms with van der Waals surface area (Å²) in [7, 11) is 0. The van der Waals surface area contributed by atoms with E-state index in [9.17, 15) is 18.0 Å². The number of aliphatic imine (C=N–C) groups is 1. The summed E-state index contributed by atoms with van der Waals surface area (Å²) in [6.07, 6.45) is -4.70. The van der Waals surface area contributed by atoms with Gasteiger partial charge in [0, 0.05) is 46.2 Å². The molecule has 7 nitrogen and oxygen atoms in total. The Bertz CT molecular complexity index is 641. The minimum absolute atomic E-state index is 0.0992. The van der Waals surface area contributed by atoms with Gasteiger partial charge in [0.15, 0.2) is 5.96 Å². The number of nitrogens with zero attached hydrogens (tertiary/aromatic N) is 3. The largest absolute Gasteiger partial charge is 0.573 e. The van der Waals surface area contributed by atoms with Crippen molar-refractivity contribution in [3.8, 4) is 5.75 Å². The number of hydrogen-bond acceptors (Lipinski definition) is 4. The third kappa shape index (κ3) is 7.73. The Morgan fingerprint density at radius 1 is 1.22 bits per heavy atom. The highest BCUT2D eigenvalue weighted by Crippen LogP contribution is 2.22. The van der Waals surface area contributed by atoms with E-state index in [4.69, 9.17) is 5.73 Å². The van der Waals surface area contributed by atoms with Gasteiger partial charge in [-0.15, -0.1) is 13.2 Å². The molecule has 0 saturated carbocycles. The number of piperazine rings is 1. The van der Waals surface area contributed by atoms with Crippen molar-refractivity contribution in [3.05, 3.63) is 29.8 Å². The van der Waals surface area contributed by atoms with Crippen molar-refractivity contribution >= 4 is 11.9 Å². The van der Waals surface area contributed by atoms with Crippen molar-refractivity contribution in [2.75, 3.05) is 39.3 Å². The van der Waals surface area contributed by atoms with Crippen LogP contribution in [0, 0.1) is 0 Å². The molecule has 1 aromatic carbocycles. The lowest BCUT2D eigenvalue weighted by atomic mass is 10.2. The first kappa shape index (κ1) is 20.8. The fraction of sp³-hybridized carbons (Fsp3) is 0.529. The average Bonchev–Trinajstić information content (AvgIpc) is 2.60. The van der Waals surface area contributed by atoms with E-state index in [-0.39, 0.29) is 24.2 Å². The number of benzene rings is 1. The van der Waals surface area contributed by atoms with E-state index in [1.165, 1.54) is 24.3 Å². The van der Waals surface area contributed by atoms with Crippen molar-refractivity contribution in [1.29, 1.82) is 0 Å². The summed E-state index contributed by atoms with van der Waals surface area (Å²) < 4.78 is 40.2. The van der Waals surface area contributed by atoms with Crippen LogP contribution in [0.2, 0.25) is 0 Å². The van der Waals surface area contributed by atoms with Gasteiger partial charge in [-0.3, -0.25) is 9.69 Å². The number of guanidine groups is 1. The van der Waals surface area contributed by atoms with Crippen LogP contribution in [0.3, 0.4) is 0 Å². The standard InChI is InChI=1S/C17H24F3N5O2/c1-13(26)25-10-8-24(9-11-25)7-6-22-16(21)23-12-14-2-4-15(5-3-14)27-17(18,19)20/h2-5H,6-12H2,1H3,(H3,21,22,23). The highest BCUT2D eigenvalue weighted by molar-refractivity contribution is 5.77. The number of nitrogens with one attached hydrogen (secondary N) is 1. The molecule has 10 heteroatoms. The summed E-state index contributed by atoms with van der Waals surface area (Å²) in [4.78, 5) is 19.5. The summed E-state index contributed by atoms with van der Waals surface area (Å²) in [6.45, 7) is 6.34. The lowest BCUT2D eigenvalue weighted by Crippen LogP contribution is -2.50. The van der Waals surface area contributed by atoms with Crippen molar-refractivity contribution in [2.24, 2.45) is 10.7 Å². The van der Waals surface area contributed by atoms with Crippen molar-refractivity contribution in [2.45, 2.75) is 19.8 Å². The second-order valence-electron chi connectivity index (χ2n) is 6.17. The minimum atomic E-state index is -4.70. The molecular formula is C17H24F3N5O2. The maximum atomic E-state index is 12.1. The van der Waals surface area contributed by atoms with E-state index in [1.54, 1.807) is 6.92 Å². The molecule has 1 aliphatic heterocycles. The maximum Gasteiger partial charge on any atom is 0.573 e. The Labute approximate surface area is 156 Å². The number of rotatable bonds is 6. The van der Waals surface area contributed by atoms with Gasteiger partial charge in [-0.1, -0.05) is 12.1 Å². The summed E-state index contributed by atoms with van der Waals surface area (Å²) >= 11 is 0. The minimum Gasteiger partial charge on any atom is -0.406 e. The van der Waals surface area contributed by atoms with E-state index >= 15 is 0 Å². The van der Waals surface area contributed by atoms with Crippen LogP contribution in [0.25, 0.3) is 0 Å². The number of ether oxygens (including phenoxy) is 1. The molecule has 150 valence electrons. The Hall–Kier alpha value is -2.49. The van der Waals surface area contributed by atoms with Gasteiger partial charge >= 0.3 is 6.36 Å². The predicted molar refractivity (Wildman–Crippen MR) is 95.1 cm³/mol. The maximum absolute atomic E-state index is 12.1.